The molecule has 0 fully saturated rings. The lowest BCUT2D eigenvalue weighted by Crippen LogP contribution is -1.92. The Morgan fingerprint density at radius 3 is 1.63 bits per heavy atom. The van der Waals surface area contributed by atoms with Crippen LogP contribution in [0, 0.1) is 0 Å². The van der Waals surface area contributed by atoms with Crippen molar-refractivity contribution in [1.29, 1.82) is 0 Å². The molecule has 0 saturated heterocycles. The summed E-state index contributed by atoms with van der Waals surface area (Å²) in [6.07, 6.45) is 0. The second-order valence-electron chi connectivity index (χ2n) is 6.90. The van der Waals surface area contributed by atoms with Crippen LogP contribution < -0.4 is 5.32 Å². The van der Waals surface area contributed by atoms with Gasteiger partial charge in [0.25, 0.3) is 0 Å². The van der Waals surface area contributed by atoms with E-state index in [1.165, 1.54) is 10.8 Å². The summed E-state index contributed by atoms with van der Waals surface area (Å²) in [5.41, 5.74) is 4.40. The van der Waals surface area contributed by atoms with E-state index in [4.69, 9.17) is 0 Å². The van der Waals surface area contributed by atoms with Crippen LogP contribution in [0.4, 0.5) is 11.4 Å². The highest BCUT2D eigenvalue weighted by Gasteiger charge is 2.08. The molecular weight excluding hydrogens is 366 g/mol. The number of nitrogens with one attached hydrogen (secondary N) is 1. The highest BCUT2D eigenvalue weighted by atomic mass is 16.3. The number of anilines is 2. The average Bonchev–Trinajstić information content (AvgIpc) is 2.82. The molecule has 0 saturated carbocycles. The van der Waals surface area contributed by atoms with Gasteiger partial charge in [0.1, 0.15) is 5.75 Å². The van der Waals surface area contributed by atoms with Crippen molar-refractivity contribution < 1.29 is 5.11 Å². The summed E-state index contributed by atoms with van der Waals surface area (Å²) in [6, 6.07) is 42.1. The molecule has 0 atom stereocenters. The maximum absolute atomic E-state index is 9.52. The summed E-state index contributed by atoms with van der Waals surface area (Å²) < 4.78 is 0. The lowest BCUT2D eigenvalue weighted by atomic mass is 9.97. The standard InChI is InChI=1S/C22H17NO.C6H6/c24-18-12-10-16(11-13-18)19-14-15-22(21-9-5-4-8-20(19)21)23-17-6-2-1-3-7-17;1-2-4-6-5-3-1/h1-15,23-24H;1-6H. The minimum absolute atomic E-state index is 0.283. The molecule has 5 aromatic carbocycles. The Morgan fingerprint density at radius 1 is 0.467 bits per heavy atom. The first-order valence-corrected chi connectivity index (χ1v) is 9.94. The quantitative estimate of drug-likeness (QED) is 0.332. The normalized spacial score (nSPS) is 10.1. The zero-order valence-electron chi connectivity index (χ0n) is 16.6. The summed E-state index contributed by atoms with van der Waals surface area (Å²) in [5.74, 6) is 0.283. The van der Waals surface area contributed by atoms with Gasteiger partial charge < -0.3 is 10.4 Å². The van der Waals surface area contributed by atoms with Crippen LogP contribution in [0.25, 0.3) is 21.9 Å². The number of fused-ring (bicyclic) bond motifs is 1. The van der Waals surface area contributed by atoms with Gasteiger partial charge in [-0.15, -0.1) is 0 Å². The summed E-state index contributed by atoms with van der Waals surface area (Å²) in [5, 5.41) is 15.4. The third kappa shape index (κ3) is 4.68. The number of rotatable bonds is 3. The van der Waals surface area contributed by atoms with E-state index in [0.29, 0.717) is 0 Å². The summed E-state index contributed by atoms with van der Waals surface area (Å²) >= 11 is 0. The molecule has 0 amide bonds. The molecular formula is C28H23NO. The lowest BCUT2D eigenvalue weighted by molar-refractivity contribution is 0.475. The van der Waals surface area contributed by atoms with Crippen LogP contribution in [-0.4, -0.2) is 5.11 Å². The predicted molar refractivity (Wildman–Crippen MR) is 127 cm³/mol. The van der Waals surface area contributed by atoms with Crippen molar-refractivity contribution in [2.75, 3.05) is 5.32 Å². The van der Waals surface area contributed by atoms with Crippen molar-refractivity contribution in [2.45, 2.75) is 0 Å². The van der Waals surface area contributed by atoms with Gasteiger partial charge in [-0.3, -0.25) is 0 Å². The molecule has 2 heteroatoms. The number of hydrogen-bond acceptors (Lipinski definition) is 2. The zero-order chi connectivity index (χ0) is 20.6. The molecule has 0 heterocycles. The Hall–Kier alpha value is -4.04. The summed E-state index contributed by atoms with van der Waals surface area (Å²) in [4.78, 5) is 0. The second-order valence-corrected chi connectivity index (χ2v) is 6.90. The van der Waals surface area contributed by atoms with E-state index in [-0.39, 0.29) is 5.75 Å². The van der Waals surface area contributed by atoms with Gasteiger partial charge in [-0.25, -0.2) is 0 Å². The first-order chi connectivity index (χ1) is 14.8. The molecule has 5 rings (SSSR count). The number of phenols is 1. The maximum atomic E-state index is 9.52. The van der Waals surface area contributed by atoms with Crippen LogP contribution in [0.3, 0.4) is 0 Å². The second kappa shape index (κ2) is 9.44. The van der Waals surface area contributed by atoms with Crippen LogP contribution in [0.15, 0.2) is 127 Å². The van der Waals surface area contributed by atoms with E-state index in [9.17, 15) is 5.11 Å². The first-order valence-electron chi connectivity index (χ1n) is 9.94. The smallest absolute Gasteiger partial charge is 0.115 e. The van der Waals surface area contributed by atoms with Gasteiger partial charge in [0.2, 0.25) is 0 Å². The fraction of sp³-hybridized carbons (Fsp3) is 0. The Labute approximate surface area is 177 Å². The highest BCUT2D eigenvalue weighted by Crippen LogP contribution is 2.35. The number of benzene rings is 5. The molecule has 0 unspecified atom stereocenters. The van der Waals surface area contributed by atoms with Gasteiger partial charge in [-0.1, -0.05) is 97.1 Å². The van der Waals surface area contributed by atoms with E-state index in [1.54, 1.807) is 12.1 Å². The van der Waals surface area contributed by atoms with Crippen LogP contribution in [0.5, 0.6) is 5.75 Å². The lowest BCUT2D eigenvalue weighted by Gasteiger charge is -2.13. The van der Waals surface area contributed by atoms with Gasteiger partial charge in [0, 0.05) is 16.8 Å². The molecule has 0 aliphatic carbocycles. The van der Waals surface area contributed by atoms with Gasteiger partial charge in [-0.05, 0) is 46.8 Å². The summed E-state index contributed by atoms with van der Waals surface area (Å²) in [7, 11) is 0. The monoisotopic (exact) mass is 389 g/mol. The van der Waals surface area contributed by atoms with Crippen molar-refractivity contribution >= 4 is 22.1 Å². The third-order valence-corrected chi connectivity index (χ3v) is 4.82. The molecule has 30 heavy (non-hydrogen) atoms. The molecule has 146 valence electrons. The molecule has 0 radical (unpaired) electrons. The number of hydrogen-bond donors (Lipinski definition) is 2. The van der Waals surface area contributed by atoms with E-state index in [2.05, 4.69) is 53.8 Å². The Morgan fingerprint density at radius 2 is 1.00 bits per heavy atom. The maximum Gasteiger partial charge on any atom is 0.115 e. The van der Waals surface area contributed by atoms with Crippen LogP contribution in [0.2, 0.25) is 0 Å². The SMILES string of the molecule is Oc1ccc(-c2ccc(Nc3ccccc3)c3ccccc23)cc1.c1ccccc1. The van der Waals surface area contributed by atoms with Crippen LogP contribution in [-0.2, 0) is 0 Å². The molecule has 2 N–H and O–H groups in total. The topological polar surface area (TPSA) is 32.3 Å². The van der Waals surface area contributed by atoms with Crippen molar-refractivity contribution in [1.82, 2.24) is 0 Å². The van der Waals surface area contributed by atoms with Gasteiger partial charge in [0.05, 0.1) is 0 Å². The number of aromatic hydroxyl groups is 1. The molecule has 0 bridgehead atoms. The van der Waals surface area contributed by atoms with Crippen molar-refractivity contribution in [3.8, 4) is 16.9 Å². The minimum atomic E-state index is 0.283. The summed E-state index contributed by atoms with van der Waals surface area (Å²) in [6.45, 7) is 0. The van der Waals surface area contributed by atoms with Crippen LogP contribution >= 0.6 is 0 Å². The van der Waals surface area contributed by atoms with E-state index < -0.39 is 0 Å². The fourth-order valence-electron chi connectivity index (χ4n) is 3.36. The zero-order valence-corrected chi connectivity index (χ0v) is 16.6. The fourth-order valence-corrected chi connectivity index (χ4v) is 3.36. The predicted octanol–water partition coefficient (Wildman–Crippen LogP) is 7.64. The molecule has 0 aliphatic rings. The van der Waals surface area contributed by atoms with Crippen molar-refractivity contribution in [2.24, 2.45) is 0 Å². The third-order valence-electron chi connectivity index (χ3n) is 4.82. The Bertz CT molecular complexity index is 1170. The Balaban J connectivity index is 0.000000313. The highest BCUT2D eigenvalue weighted by molar-refractivity contribution is 6.04. The largest absolute Gasteiger partial charge is 0.508 e. The minimum Gasteiger partial charge on any atom is -0.508 e. The van der Waals surface area contributed by atoms with E-state index in [0.717, 1.165) is 22.5 Å². The first kappa shape index (κ1) is 19.3. The molecule has 0 aliphatic heterocycles. The van der Waals surface area contributed by atoms with Gasteiger partial charge in [0.15, 0.2) is 0 Å². The molecule has 0 spiro atoms. The van der Waals surface area contributed by atoms with Crippen molar-refractivity contribution in [3.05, 3.63) is 127 Å². The van der Waals surface area contributed by atoms with Crippen LogP contribution in [0.1, 0.15) is 0 Å². The van der Waals surface area contributed by atoms with Gasteiger partial charge in [-0.2, -0.15) is 0 Å². The van der Waals surface area contributed by atoms with Gasteiger partial charge >= 0.3 is 0 Å². The van der Waals surface area contributed by atoms with E-state index in [1.807, 2.05) is 66.7 Å². The molecule has 2 nitrogen and oxygen atoms in total. The Kier molecular flexibility index (Phi) is 6.07. The number of para-hydroxylation sites is 1. The molecule has 0 aromatic heterocycles. The number of phenolic OH excluding ortho intramolecular Hbond substituents is 1. The van der Waals surface area contributed by atoms with Crippen molar-refractivity contribution in [3.63, 3.8) is 0 Å². The average molecular weight is 389 g/mol. The van der Waals surface area contributed by atoms with E-state index >= 15 is 0 Å². The molecule has 5 aromatic rings.